The molecule has 110 valence electrons. The molecule has 1 aromatic rings. The van der Waals surface area contributed by atoms with Gasteiger partial charge in [0.1, 0.15) is 11.4 Å². The Morgan fingerprint density at radius 1 is 1.35 bits per heavy atom. The average Bonchev–Trinajstić information content (AvgIpc) is 2.70. The van der Waals surface area contributed by atoms with Crippen LogP contribution in [0, 0.1) is 5.82 Å². The molecule has 2 rings (SSSR count). The molecular formula is C15H20FNO3. The van der Waals surface area contributed by atoms with Crippen LogP contribution in [-0.2, 0) is 4.74 Å². The first kappa shape index (κ1) is 14.8. The Balaban J connectivity index is 2.18. The average molecular weight is 281 g/mol. The van der Waals surface area contributed by atoms with Gasteiger partial charge in [0.2, 0.25) is 0 Å². The van der Waals surface area contributed by atoms with Gasteiger partial charge in [-0.15, -0.1) is 0 Å². The van der Waals surface area contributed by atoms with Gasteiger partial charge in [0.15, 0.2) is 0 Å². The summed E-state index contributed by atoms with van der Waals surface area (Å²) in [5.74, 6) is -0.323. The first-order chi connectivity index (χ1) is 9.26. The van der Waals surface area contributed by atoms with Gasteiger partial charge >= 0.3 is 6.09 Å². The topological polar surface area (TPSA) is 49.8 Å². The number of rotatable bonds is 1. The van der Waals surface area contributed by atoms with Crippen LogP contribution in [0.3, 0.4) is 0 Å². The van der Waals surface area contributed by atoms with Crippen LogP contribution in [0.2, 0.25) is 0 Å². The van der Waals surface area contributed by atoms with Crippen LogP contribution in [0.25, 0.3) is 0 Å². The molecule has 1 fully saturated rings. The number of carbonyl (C=O) groups excluding carboxylic acids is 1. The number of benzene rings is 1. The predicted octanol–water partition coefficient (Wildman–Crippen LogP) is 2.87. The van der Waals surface area contributed by atoms with E-state index in [1.165, 1.54) is 17.0 Å². The second kappa shape index (κ2) is 5.40. The molecule has 1 heterocycles. The van der Waals surface area contributed by atoms with E-state index in [4.69, 9.17) is 4.74 Å². The summed E-state index contributed by atoms with van der Waals surface area (Å²) in [4.78, 5) is 13.7. The van der Waals surface area contributed by atoms with Crippen molar-refractivity contribution >= 4 is 6.09 Å². The largest absolute Gasteiger partial charge is 0.444 e. The maximum absolute atomic E-state index is 13.0. The summed E-state index contributed by atoms with van der Waals surface area (Å²) in [5, 5.41) is 9.81. The summed E-state index contributed by atoms with van der Waals surface area (Å²) in [6, 6.07) is 5.70. The van der Waals surface area contributed by atoms with Crippen molar-refractivity contribution in [2.24, 2.45) is 0 Å². The third-order valence-corrected chi connectivity index (χ3v) is 3.16. The number of aliphatic hydroxyl groups excluding tert-OH is 1. The van der Waals surface area contributed by atoms with E-state index in [0.717, 1.165) is 5.56 Å². The molecule has 0 aromatic heterocycles. The first-order valence-corrected chi connectivity index (χ1v) is 6.69. The number of aliphatic hydroxyl groups is 1. The number of likely N-dealkylation sites (tertiary alicyclic amines) is 1. The lowest BCUT2D eigenvalue weighted by molar-refractivity contribution is 0.0206. The second-order valence-electron chi connectivity index (χ2n) is 6.09. The molecule has 0 saturated carbocycles. The number of hydrogen-bond acceptors (Lipinski definition) is 3. The molecule has 1 aromatic carbocycles. The molecule has 0 bridgehead atoms. The quantitative estimate of drug-likeness (QED) is 0.861. The van der Waals surface area contributed by atoms with E-state index in [1.54, 1.807) is 32.9 Å². The SMILES string of the molecule is CC(C)(C)OC(=O)N1CC(O)CC1c1ccc(F)cc1. The molecule has 1 amide bonds. The van der Waals surface area contributed by atoms with E-state index in [0.29, 0.717) is 6.42 Å². The molecule has 1 aliphatic rings. The van der Waals surface area contributed by atoms with E-state index in [9.17, 15) is 14.3 Å². The van der Waals surface area contributed by atoms with Crippen LogP contribution in [0.1, 0.15) is 38.8 Å². The van der Waals surface area contributed by atoms with E-state index in [-0.39, 0.29) is 18.4 Å². The molecular weight excluding hydrogens is 261 g/mol. The van der Waals surface area contributed by atoms with E-state index >= 15 is 0 Å². The molecule has 1 aliphatic heterocycles. The highest BCUT2D eigenvalue weighted by molar-refractivity contribution is 5.69. The summed E-state index contributed by atoms with van der Waals surface area (Å²) < 4.78 is 18.3. The number of halogens is 1. The van der Waals surface area contributed by atoms with Crippen molar-refractivity contribution in [1.29, 1.82) is 0 Å². The molecule has 2 unspecified atom stereocenters. The standard InChI is InChI=1S/C15H20FNO3/c1-15(2,3)20-14(19)17-9-12(18)8-13(17)10-4-6-11(16)7-5-10/h4-7,12-13,18H,8-9H2,1-3H3. The maximum Gasteiger partial charge on any atom is 0.410 e. The van der Waals surface area contributed by atoms with Crippen molar-refractivity contribution in [1.82, 2.24) is 4.90 Å². The minimum Gasteiger partial charge on any atom is -0.444 e. The summed E-state index contributed by atoms with van der Waals surface area (Å²) in [7, 11) is 0. The van der Waals surface area contributed by atoms with Crippen molar-refractivity contribution in [3.8, 4) is 0 Å². The van der Waals surface area contributed by atoms with Gasteiger partial charge in [-0.2, -0.15) is 0 Å². The van der Waals surface area contributed by atoms with Crippen LogP contribution in [0.5, 0.6) is 0 Å². The van der Waals surface area contributed by atoms with Gasteiger partial charge in [-0.1, -0.05) is 12.1 Å². The lowest BCUT2D eigenvalue weighted by atomic mass is 10.0. The van der Waals surface area contributed by atoms with Crippen molar-refractivity contribution < 1.29 is 19.0 Å². The normalized spacial score (nSPS) is 22.9. The number of amides is 1. The molecule has 1 N–H and O–H groups in total. The van der Waals surface area contributed by atoms with Crippen LogP contribution < -0.4 is 0 Å². The lowest BCUT2D eigenvalue weighted by Gasteiger charge is -2.28. The molecule has 0 spiro atoms. The van der Waals surface area contributed by atoms with Gasteiger partial charge < -0.3 is 9.84 Å². The Morgan fingerprint density at radius 3 is 2.50 bits per heavy atom. The fraction of sp³-hybridized carbons (Fsp3) is 0.533. The third-order valence-electron chi connectivity index (χ3n) is 3.16. The Bertz CT molecular complexity index is 481. The Morgan fingerprint density at radius 2 is 1.95 bits per heavy atom. The minimum atomic E-state index is -0.586. The summed E-state index contributed by atoms with van der Waals surface area (Å²) in [5.41, 5.74) is 0.214. The highest BCUT2D eigenvalue weighted by atomic mass is 19.1. The number of hydrogen-bond donors (Lipinski definition) is 1. The summed E-state index contributed by atoms with van der Waals surface area (Å²) in [6.07, 6.45) is -0.605. The fourth-order valence-corrected chi connectivity index (χ4v) is 2.34. The molecule has 1 saturated heterocycles. The number of nitrogens with zero attached hydrogens (tertiary/aromatic N) is 1. The van der Waals surface area contributed by atoms with E-state index in [2.05, 4.69) is 0 Å². The highest BCUT2D eigenvalue weighted by Crippen LogP contribution is 2.33. The molecule has 20 heavy (non-hydrogen) atoms. The van der Waals surface area contributed by atoms with Gasteiger partial charge in [-0.05, 0) is 44.9 Å². The maximum atomic E-state index is 13.0. The van der Waals surface area contributed by atoms with Gasteiger partial charge in [-0.25, -0.2) is 9.18 Å². The number of ether oxygens (including phenoxy) is 1. The van der Waals surface area contributed by atoms with Crippen LogP contribution in [0.15, 0.2) is 24.3 Å². The van der Waals surface area contributed by atoms with E-state index in [1.807, 2.05) is 0 Å². The first-order valence-electron chi connectivity index (χ1n) is 6.69. The molecule has 2 atom stereocenters. The highest BCUT2D eigenvalue weighted by Gasteiger charge is 2.37. The lowest BCUT2D eigenvalue weighted by Crippen LogP contribution is -2.37. The fourth-order valence-electron chi connectivity index (χ4n) is 2.34. The van der Waals surface area contributed by atoms with Gasteiger partial charge in [0.05, 0.1) is 18.7 Å². The van der Waals surface area contributed by atoms with Crippen LogP contribution >= 0.6 is 0 Å². The summed E-state index contributed by atoms with van der Waals surface area (Å²) in [6.45, 7) is 5.62. The zero-order valence-corrected chi connectivity index (χ0v) is 12.0. The predicted molar refractivity (Wildman–Crippen MR) is 72.7 cm³/mol. The van der Waals surface area contributed by atoms with Crippen LogP contribution in [-0.4, -0.2) is 34.3 Å². The van der Waals surface area contributed by atoms with Gasteiger partial charge in [0.25, 0.3) is 0 Å². The summed E-state index contributed by atoms with van der Waals surface area (Å²) >= 11 is 0. The van der Waals surface area contributed by atoms with Gasteiger partial charge in [0, 0.05) is 0 Å². The third kappa shape index (κ3) is 3.48. The van der Waals surface area contributed by atoms with Crippen molar-refractivity contribution in [3.05, 3.63) is 35.6 Å². The van der Waals surface area contributed by atoms with Crippen molar-refractivity contribution in [2.75, 3.05) is 6.54 Å². The minimum absolute atomic E-state index is 0.233. The smallest absolute Gasteiger partial charge is 0.410 e. The molecule has 0 radical (unpaired) electrons. The van der Waals surface area contributed by atoms with E-state index < -0.39 is 17.8 Å². The zero-order chi connectivity index (χ0) is 14.9. The molecule has 0 aliphatic carbocycles. The Labute approximate surface area is 118 Å². The number of carbonyl (C=O) groups is 1. The van der Waals surface area contributed by atoms with Crippen molar-refractivity contribution in [2.45, 2.75) is 44.9 Å². The Hall–Kier alpha value is -1.62. The Kier molecular flexibility index (Phi) is 3.99. The van der Waals surface area contributed by atoms with Crippen LogP contribution in [0.4, 0.5) is 9.18 Å². The zero-order valence-electron chi connectivity index (χ0n) is 12.0. The van der Waals surface area contributed by atoms with Crippen molar-refractivity contribution in [3.63, 3.8) is 0 Å². The second-order valence-corrected chi connectivity index (χ2v) is 6.09. The molecule has 4 nitrogen and oxygen atoms in total. The monoisotopic (exact) mass is 281 g/mol. The number of β-amino-alcohol motifs (C(OH)–C–C–N with tert-alkyl or cyclic N) is 1. The van der Waals surface area contributed by atoms with Gasteiger partial charge in [-0.3, -0.25) is 4.90 Å². The molecule has 5 heteroatoms.